The van der Waals surface area contributed by atoms with Crippen molar-refractivity contribution in [1.82, 2.24) is 9.97 Å². The van der Waals surface area contributed by atoms with Crippen molar-refractivity contribution in [3.05, 3.63) is 4.47 Å². The van der Waals surface area contributed by atoms with Gasteiger partial charge in [-0.25, -0.2) is 0 Å². The van der Waals surface area contributed by atoms with E-state index >= 15 is 0 Å². The van der Waals surface area contributed by atoms with Crippen molar-refractivity contribution in [2.45, 2.75) is 0 Å². The molecule has 0 aliphatic carbocycles. The Kier molecular flexibility index (Phi) is 2.69. The Bertz CT molecular complexity index is 267. The molecule has 1 aromatic rings. The van der Waals surface area contributed by atoms with Gasteiger partial charge in [-0.05, 0) is 15.9 Å². The number of hydrogen-bond donors (Lipinski definition) is 1. The maximum absolute atomic E-state index is 5.38. The molecule has 0 amide bonds. The van der Waals surface area contributed by atoms with Gasteiger partial charge in [0.1, 0.15) is 4.47 Å². The van der Waals surface area contributed by atoms with Gasteiger partial charge in [-0.1, -0.05) is 0 Å². The second-order valence-electron chi connectivity index (χ2n) is 1.91. The smallest absolute Gasteiger partial charge is 0.236 e. The molecule has 0 unspecified atom stereocenters. The average molecular weight is 234 g/mol. The molecule has 0 radical (unpaired) electrons. The number of nitrogens with two attached hydrogens (primary N) is 1. The highest BCUT2D eigenvalue weighted by Crippen LogP contribution is 2.30. The van der Waals surface area contributed by atoms with Crippen LogP contribution in [0.1, 0.15) is 0 Å². The Morgan fingerprint density at radius 3 is 1.92 bits per heavy atom. The van der Waals surface area contributed by atoms with Gasteiger partial charge in [-0.3, -0.25) is 0 Å². The minimum absolute atomic E-state index is 0.118. The molecular weight excluding hydrogens is 226 g/mol. The van der Waals surface area contributed by atoms with E-state index in [-0.39, 0.29) is 5.95 Å². The van der Waals surface area contributed by atoms with Crippen molar-refractivity contribution in [3.63, 3.8) is 0 Å². The SMILES string of the molecule is COc1nc(N)nc(OC)c1Br. The Hall–Kier alpha value is -1.04. The van der Waals surface area contributed by atoms with Crippen molar-refractivity contribution < 1.29 is 9.47 Å². The summed E-state index contributed by atoms with van der Waals surface area (Å²) in [7, 11) is 2.98. The maximum atomic E-state index is 5.38. The van der Waals surface area contributed by atoms with Gasteiger partial charge in [0, 0.05) is 0 Å². The van der Waals surface area contributed by atoms with Crippen LogP contribution in [0.3, 0.4) is 0 Å². The van der Waals surface area contributed by atoms with Crippen LogP contribution in [0.15, 0.2) is 4.47 Å². The number of nitrogen functional groups attached to an aromatic ring is 1. The molecule has 66 valence electrons. The molecular formula is C6H8BrN3O2. The van der Waals surface area contributed by atoms with E-state index in [0.29, 0.717) is 16.2 Å². The van der Waals surface area contributed by atoms with Crippen molar-refractivity contribution >= 4 is 21.9 Å². The van der Waals surface area contributed by atoms with E-state index in [9.17, 15) is 0 Å². The number of aromatic nitrogens is 2. The molecule has 0 bridgehead atoms. The lowest BCUT2D eigenvalue weighted by atomic mass is 10.6. The highest BCUT2D eigenvalue weighted by atomic mass is 79.9. The lowest BCUT2D eigenvalue weighted by molar-refractivity contribution is 0.368. The molecule has 1 heterocycles. The van der Waals surface area contributed by atoms with E-state index in [1.165, 1.54) is 14.2 Å². The molecule has 1 rings (SSSR count). The maximum Gasteiger partial charge on any atom is 0.236 e. The van der Waals surface area contributed by atoms with Crippen molar-refractivity contribution in [2.75, 3.05) is 20.0 Å². The zero-order valence-corrected chi connectivity index (χ0v) is 8.25. The third-order valence-electron chi connectivity index (χ3n) is 1.19. The lowest BCUT2D eigenvalue weighted by Gasteiger charge is -2.06. The molecule has 0 saturated heterocycles. The Balaban J connectivity index is 3.22. The van der Waals surface area contributed by atoms with Gasteiger partial charge in [-0.15, -0.1) is 0 Å². The molecule has 0 saturated carbocycles. The van der Waals surface area contributed by atoms with E-state index in [0.717, 1.165) is 0 Å². The van der Waals surface area contributed by atoms with Crippen LogP contribution in [-0.4, -0.2) is 24.2 Å². The molecule has 5 nitrogen and oxygen atoms in total. The third-order valence-corrected chi connectivity index (χ3v) is 1.87. The first kappa shape index (κ1) is 9.05. The van der Waals surface area contributed by atoms with E-state index < -0.39 is 0 Å². The molecule has 12 heavy (non-hydrogen) atoms. The summed E-state index contributed by atoms with van der Waals surface area (Å²) in [6.07, 6.45) is 0. The summed E-state index contributed by atoms with van der Waals surface area (Å²) >= 11 is 3.21. The topological polar surface area (TPSA) is 70.3 Å². The van der Waals surface area contributed by atoms with Crippen LogP contribution >= 0.6 is 15.9 Å². The zero-order chi connectivity index (χ0) is 9.14. The van der Waals surface area contributed by atoms with Gasteiger partial charge in [0.2, 0.25) is 17.7 Å². The molecule has 0 aromatic carbocycles. The number of ether oxygens (including phenoxy) is 2. The first-order valence-corrected chi connectivity index (χ1v) is 3.89. The second kappa shape index (κ2) is 3.57. The van der Waals surface area contributed by atoms with Gasteiger partial charge in [0.25, 0.3) is 0 Å². The summed E-state index contributed by atoms with van der Waals surface area (Å²) in [5.41, 5.74) is 5.38. The predicted octanol–water partition coefficient (Wildman–Crippen LogP) is 0.838. The van der Waals surface area contributed by atoms with Crippen LogP contribution in [0.4, 0.5) is 5.95 Å². The first-order chi connectivity index (χ1) is 5.69. The second-order valence-corrected chi connectivity index (χ2v) is 2.71. The third kappa shape index (κ3) is 1.58. The summed E-state index contributed by atoms with van der Waals surface area (Å²) in [4.78, 5) is 7.63. The molecule has 0 spiro atoms. The monoisotopic (exact) mass is 233 g/mol. The normalized spacial score (nSPS) is 9.58. The minimum atomic E-state index is 0.118. The number of nitrogens with zero attached hydrogens (tertiary/aromatic N) is 2. The Labute approximate surface area is 78.0 Å². The summed E-state index contributed by atoms with van der Waals surface area (Å²) in [6.45, 7) is 0. The van der Waals surface area contributed by atoms with Gasteiger partial charge in [0.15, 0.2) is 0 Å². The summed E-state index contributed by atoms with van der Waals surface area (Å²) < 4.78 is 10.4. The van der Waals surface area contributed by atoms with Crippen molar-refractivity contribution in [3.8, 4) is 11.8 Å². The minimum Gasteiger partial charge on any atom is -0.480 e. The fourth-order valence-electron chi connectivity index (χ4n) is 0.693. The van der Waals surface area contributed by atoms with Crippen LogP contribution in [0, 0.1) is 0 Å². The van der Waals surface area contributed by atoms with Crippen LogP contribution < -0.4 is 15.2 Å². The molecule has 0 fully saturated rings. The summed E-state index contributed by atoms with van der Waals surface area (Å²) in [5, 5.41) is 0. The van der Waals surface area contributed by atoms with E-state index in [4.69, 9.17) is 15.2 Å². The van der Waals surface area contributed by atoms with Gasteiger partial charge >= 0.3 is 0 Å². The molecule has 0 aliphatic rings. The van der Waals surface area contributed by atoms with Crippen LogP contribution in [0.2, 0.25) is 0 Å². The highest BCUT2D eigenvalue weighted by molar-refractivity contribution is 9.10. The lowest BCUT2D eigenvalue weighted by Crippen LogP contribution is -2.01. The number of methoxy groups -OCH3 is 2. The number of hydrogen-bond acceptors (Lipinski definition) is 5. The highest BCUT2D eigenvalue weighted by Gasteiger charge is 2.11. The fourth-order valence-corrected chi connectivity index (χ4v) is 1.19. The average Bonchev–Trinajstić information content (AvgIpc) is 2.08. The predicted molar refractivity (Wildman–Crippen MR) is 47.2 cm³/mol. The largest absolute Gasteiger partial charge is 0.480 e. The molecule has 0 aliphatic heterocycles. The summed E-state index contributed by atoms with van der Waals surface area (Å²) in [6, 6.07) is 0. The quantitative estimate of drug-likeness (QED) is 0.820. The molecule has 6 heteroatoms. The van der Waals surface area contributed by atoms with Crippen LogP contribution in [0.25, 0.3) is 0 Å². The van der Waals surface area contributed by atoms with E-state index in [1.54, 1.807) is 0 Å². The number of halogens is 1. The number of anilines is 1. The molecule has 1 aromatic heterocycles. The number of rotatable bonds is 2. The van der Waals surface area contributed by atoms with Crippen LogP contribution in [0.5, 0.6) is 11.8 Å². The first-order valence-electron chi connectivity index (χ1n) is 3.10. The van der Waals surface area contributed by atoms with Crippen LogP contribution in [-0.2, 0) is 0 Å². The van der Waals surface area contributed by atoms with Gasteiger partial charge in [-0.2, -0.15) is 9.97 Å². The van der Waals surface area contributed by atoms with Gasteiger partial charge < -0.3 is 15.2 Å². The summed E-state index contributed by atoms with van der Waals surface area (Å²) in [5.74, 6) is 0.839. The van der Waals surface area contributed by atoms with E-state index in [1.807, 2.05) is 0 Å². The van der Waals surface area contributed by atoms with Crippen molar-refractivity contribution in [1.29, 1.82) is 0 Å². The van der Waals surface area contributed by atoms with E-state index in [2.05, 4.69) is 25.9 Å². The van der Waals surface area contributed by atoms with Crippen molar-refractivity contribution in [2.24, 2.45) is 0 Å². The Morgan fingerprint density at radius 2 is 1.58 bits per heavy atom. The zero-order valence-electron chi connectivity index (χ0n) is 6.67. The fraction of sp³-hybridized carbons (Fsp3) is 0.333. The Morgan fingerprint density at radius 1 is 1.17 bits per heavy atom. The standard InChI is InChI=1S/C6H8BrN3O2/c1-11-4-3(7)5(12-2)10-6(8)9-4/h1-2H3,(H2,8,9,10). The molecule has 0 atom stereocenters. The molecule has 2 N–H and O–H groups in total. The van der Waals surface area contributed by atoms with Gasteiger partial charge in [0.05, 0.1) is 14.2 Å².